The number of fused-ring (bicyclic) bond motifs is 2. The number of aromatic nitrogens is 2. The fourth-order valence-electron chi connectivity index (χ4n) is 3.84. The summed E-state index contributed by atoms with van der Waals surface area (Å²) in [7, 11) is 1.61. The van der Waals surface area contributed by atoms with E-state index in [1.54, 1.807) is 7.11 Å². The van der Waals surface area contributed by atoms with Gasteiger partial charge >= 0.3 is 0 Å². The number of ether oxygens (including phenoxy) is 2. The first-order chi connectivity index (χ1) is 16.6. The Labute approximate surface area is 206 Å². The Kier molecular flexibility index (Phi) is 8.09. The lowest BCUT2D eigenvalue weighted by molar-refractivity contribution is 0.313. The molecule has 0 saturated carbocycles. The largest absolute Gasteiger partial charge is 0.497 e. The molecule has 4 aromatic rings. The normalized spacial score (nSPS) is 11.2. The van der Waals surface area contributed by atoms with Crippen LogP contribution in [-0.2, 0) is 13.1 Å². The maximum atomic E-state index is 12.8. The Hall–Kier alpha value is -3.02. The van der Waals surface area contributed by atoms with Crippen molar-refractivity contribution in [2.24, 2.45) is 0 Å². The number of unbranched alkanes of at least 4 members (excludes halogenated alkanes) is 4. The molecule has 2 aromatic carbocycles. The fourth-order valence-corrected chi connectivity index (χ4v) is 5.87. The highest BCUT2D eigenvalue weighted by Crippen LogP contribution is 2.24. The lowest BCUT2D eigenvalue weighted by atomic mass is 10.2. The van der Waals surface area contributed by atoms with Gasteiger partial charge in [0.15, 0.2) is 0 Å². The highest BCUT2D eigenvalue weighted by atomic mass is 32.1. The van der Waals surface area contributed by atoms with Gasteiger partial charge in [-0.2, -0.15) is 0 Å². The standard InChI is InChI=1S/C26H28N2O4S2/c1-3-4-9-16-32-20-11-13-24-22(18-20)26(30)28(34-24)15-8-6-5-7-14-27-25(29)21-17-19(31-2)10-12-23(21)33-27/h1,10-13,17-18H,4-9,14-16H2,2H3. The van der Waals surface area contributed by atoms with Crippen LogP contribution in [0.25, 0.3) is 20.2 Å². The van der Waals surface area contributed by atoms with Crippen LogP contribution in [0.5, 0.6) is 11.5 Å². The molecule has 0 saturated heterocycles. The first-order valence-electron chi connectivity index (χ1n) is 11.5. The highest BCUT2D eigenvalue weighted by Gasteiger charge is 2.10. The van der Waals surface area contributed by atoms with Gasteiger partial charge in [-0.1, -0.05) is 35.9 Å². The van der Waals surface area contributed by atoms with Crippen molar-refractivity contribution >= 4 is 43.2 Å². The number of nitrogens with zero attached hydrogens (tertiary/aromatic N) is 2. The van der Waals surface area contributed by atoms with Crippen molar-refractivity contribution in [3.63, 3.8) is 0 Å². The van der Waals surface area contributed by atoms with Crippen LogP contribution in [0.15, 0.2) is 46.0 Å². The van der Waals surface area contributed by atoms with Crippen LogP contribution in [0.1, 0.15) is 38.5 Å². The average molecular weight is 497 g/mol. The van der Waals surface area contributed by atoms with Crippen LogP contribution in [0.3, 0.4) is 0 Å². The van der Waals surface area contributed by atoms with E-state index in [0.717, 1.165) is 46.9 Å². The Morgan fingerprint density at radius 2 is 1.38 bits per heavy atom. The summed E-state index contributed by atoms with van der Waals surface area (Å²) in [6.45, 7) is 1.97. The fraction of sp³-hybridized carbons (Fsp3) is 0.385. The van der Waals surface area contributed by atoms with Crippen LogP contribution in [0.2, 0.25) is 0 Å². The zero-order valence-corrected chi connectivity index (χ0v) is 20.9. The van der Waals surface area contributed by atoms with E-state index in [1.165, 1.54) is 23.1 Å². The highest BCUT2D eigenvalue weighted by molar-refractivity contribution is 7.14. The minimum atomic E-state index is 0.0429. The summed E-state index contributed by atoms with van der Waals surface area (Å²) in [5.41, 5.74) is 0.0939. The predicted molar refractivity (Wildman–Crippen MR) is 141 cm³/mol. The molecule has 0 bridgehead atoms. The first kappa shape index (κ1) is 24.1. The topological polar surface area (TPSA) is 62.5 Å². The molecule has 0 atom stereocenters. The molecule has 178 valence electrons. The quantitative estimate of drug-likeness (QED) is 0.192. The zero-order valence-electron chi connectivity index (χ0n) is 19.2. The van der Waals surface area contributed by atoms with Crippen molar-refractivity contribution in [1.82, 2.24) is 7.91 Å². The molecule has 34 heavy (non-hydrogen) atoms. The van der Waals surface area contributed by atoms with E-state index in [-0.39, 0.29) is 11.1 Å². The Balaban J connectivity index is 1.26. The van der Waals surface area contributed by atoms with E-state index in [1.807, 2.05) is 44.3 Å². The van der Waals surface area contributed by atoms with E-state index in [4.69, 9.17) is 15.9 Å². The second kappa shape index (κ2) is 11.4. The van der Waals surface area contributed by atoms with Crippen molar-refractivity contribution in [1.29, 1.82) is 0 Å². The van der Waals surface area contributed by atoms with Gasteiger partial charge in [0.25, 0.3) is 11.1 Å². The molecule has 0 spiro atoms. The summed E-state index contributed by atoms with van der Waals surface area (Å²) >= 11 is 3.00. The molecule has 2 heterocycles. The van der Waals surface area contributed by atoms with Gasteiger partial charge in [0.1, 0.15) is 11.5 Å². The van der Waals surface area contributed by atoms with Crippen LogP contribution in [-0.4, -0.2) is 21.6 Å². The van der Waals surface area contributed by atoms with Gasteiger partial charge < -0.3 is 9.47 Å². The molecule has 6 nitrogen and oxygen atoms in total. The number of hydrogen-bond donors (Lipinski definition) is 0. The molecule has 0 unspecified atom stereocenters. The van der Waals surface area contributed by atoms with Gasteiger partial charge in [-0.15, -0.1) is 12.3 Å². The molecule has 0 radical (unpaired) electrons. The maximum absolute atomic E-state index is 12.8. The van der Waals surface area contributed by atoms with Gasteiger partial charge in [0.05, 0.1) is 33.9 Å². The molecule has 0 fully saturated rings. The van der Waals surface area contributed by atoms with Gasteiger partial charge in [0, 0.05) is 19.5 Å². The molecule has 8 heteroatoms. The predicted octanol–water partition coefficient (Wildman–Crippen LogP) is 5.50. The van der Waals surface area contributed by atoms with E-state index in [2.05, 4.69) is 5.92 Å². The molecular weight excluding hydrogens is 468 g/mol. The summed E-state index contributed by atoms with van der Waals surface area (Å²) < 4.78 is 16.6. The third-order valence-corrected chi connectivity index (χ3v) is 7.92. The van der Waals surface area contributed by atoms with E-state index in [0.29, 0.717) is 43.0 Å². The molecule has 0 amide bonds. The Bertz CT molecular complexity index is 1420. The molecule has 2 aromatic heterocycles. The summed E-state index contributed by atoms with van der Waals surface area (Å²) in [6, 6.07) is 11.3. The SMILES string of the molecule is C#CCCCOc1ccc2sn(CCCCCCn3sc4ccc(OC)cc4c3=O)c(=O)c2c1. The van der Waals surface area contributed by atoms with Crippen molar-refractivity contribution in [2.75, 3.05) is 13.7 Å². The lowest BCUT2D eigenvalue weighted by Crippen LogP contribution is -2.13. The number of methoxy groups -OCH3 is 1. The van der Waals surface area contributed by atoms with E-state index >= 15 is 0 Å². The molecular formula is C26H28N2O4S2. The smallest absolute Gasteiger partial charge is 0.268 e. The van der Waals surface area contributed by atoms with Crippen LogP contribution < -0.4 is 20.6 Å². The van der Waals surface area contributed by atoms with E-state index < -0.39 is 0 Å². The minimum absolute atomic E-state index is 0.0429. The number of aryl methyl sites for hydroxylation is 2. The number of terminal acetylenes is 1. The van der Waals surface area contributed by atoms with Crippen molar-refractivity contribution in [3.8, 4) is 23.8 Å². The van der Waals surface area contributed by atoms with Crippen LogP contribution in [0.4, 0.5) is 0 Å². The summed E-state index contributed by atoms with van der Waals surface area (Å²) in [4.78, 5) is 25.4. The van der Waals surface area contributed by atoms with Crippen molar-refractivity contribution in [2.45, 2.75) is 51.6 Å². The van der Waals surface area contributed by atoms with Gasteiger partial charge in [0.2, 0.25) is 0 Å². The summed E-state index contributed by atoms with van der Waals surface area (Å²) in [5.74, 6) is 4.01. The van der Waals surface area contributed by atoms with Gasteiger partial charge in [-0.25, -0.2) is 0 Å². The van der Waals surface area contributed by atoms with Crippen molar-refractivity contribution < 1.29 is 9.47 Å². The van der Waals surface area contributed by atoms with Crippen LogP contribution >= 0.6 is 23.1 Å². The third-order valence-electron chi connectivity index (χ3n) is 5.68. The number of rotatable bonds is 12. The molecule has 0 aliphatic carbocycles. The maximum Gasteiger partial charge on any atom is 0.268 e. The molecule has 0 N–H and O–H groups in total. The summed E-state index contributed by atoms with van der Waals surface area (Å²) in [6.07, 6.45) is 10.6. The van der Waals surface area contributed by atoms with Gasteiger partial charge in [-0.3, -0.25) is 17.5 Å². The van der Waals surface area contributed by atoms with Gasteiger partial charge in [-0.05, 0) is 55.7 Å². The third kappa shape index (κ3) is 5.54. The second-order valence-electron chi connectivity index (χ2n) is 8.09. The number of benzene rings is 2. The van der Waals surface area contributed by atoms with Crippen LogP contribution in [0, 0.1) is 12.3 Å². The average Bonchev–Trinajstić information content (AvgIpc) is 3.34. The molecule has 0 aliphatic rings. The molecule has 4 rings (SSSR count). The Morgan fingerprint density at radius 1 is 0.824 bits per heavy atom. The minimum Gasteiger partial charge on any atom is -0.497 e. The summed E-state index contributed by atoms with van der Waals surface area (Å²) in [5, 5.41) is 1.43. The van der Waals surface area contributed by atoms with E-state index in [9.17, 15) is 9.59 Å². The number of hydrogen-bond acceptors (Lipinski definition) is 6. The first-order valence-corrected chi connectivity index (χ1v) is 13.0. The Morgan fingerprint density at radius 3 is 1.94 bits per heavy atom. The molecule has 0 aliphatic heterocycles. The van der Waals surface area contributed by atoms with Crippen molar-refractivity contribution in [3.05, 3.63) is 57.1 Å². The zero-order chi connectivity index (χ0) is 23.9. The second-order valence-corrected chi connectivity index (χ2v) is 10.2. The lowest BCUT2D eigenvalue weighted by Gasteiger charge is -2.03. The monoisotopic (exact) mass is 496 g/mol.